The maximum atomic E-state index is 12.7. The average Bonchev–Trinajstić information content (AvgIpc) is 2.97. The highest BCUT2D eigenvalue weighted by Gasteiger charge is 2.41. The van der Waals surface area contributed by atoms with E-state index in [9.17, 15) is 14.4 Å². The Morgan fingerprint density at radius 2 is 1.79 bits per heavy atom. The van der Waals surface area contributed by atoms with Gasteiger partial charge in [-0.15, -0.1) is 11.8 Å². The van der Waals surface area contributed by atoms with Crippen LogP contribution in [0.25, 0.3) is 0 Å². The first-order valence-electron chi connectivity index (χ1n) is 9.07. The van der Waals surface area contributed by atoms with Gasteiger partial charge in [0.2, 0.25) is 0 Å². The van der Waals surface area contributed by atoms with Crippen molar-refractivity contribution < 1.29 is 14.4 Å². The van der Waals surface area contributed by atoms with Gasteiger partial charge in [0, 0.05) is 17.2 Å². The maximum absolute atomic E-state index is 12.7. The number of thioether (sulfide) groups is 1. The highest BCUT2D eigenvalue weighted by Crippen LogP contribution is 2.27. The van der Waals surface area contributed by atoms with Crippen LogP contribution in [0.1, 0.15) is 35.7 Å². The van der Waals surface area contributed by atoms with Gasteiger partial charge in [-0.05, 0) is 30.5 Å². The number of urea groups is 1. The quantitative estimate of drug-likeness (QED) is 0.495. The van der Waals surface area contributed by atoms with Crippen LogP contribution in [-0.2, 0) is 4.79 Å². The van der Waals surface area contributed by atoms with Crippen molar-refractivity contribution in [2.24, 2.45) is 0 Å². The van der Waals surface area contributed by atoms with Crippen molar-refractivity contribution in [1.82, 2.24) is 16.0 Å². The summed E-state index contributed by atoms with van der Waals surface area (Å²) in [7, 11) is 0. The molecule has 1 fully saturated rings. The average molecular weight is 398 g/mol. The number of imide groups is 1. The second-order valence-corrected chi connectivity index (χ2v) is 8.06. The van der Waals surface area contributed by atoms with E-state index in [4.69, 9.17) is 0 Å². The fourth-order valence-electron chi connectivity index (χ4n) is 2.92. The van der Waals surface area contributed by atoms with E-state index in [1.165, 1.54) is 17.3 Å². The van der Waals surface area contributed by atoms with Gasteiger partial charge in [0.05, 0.1) is 5.56 Å². The van der Waals surface area contributed by atoms with Gasteiger partial charge in [-0.1, -0.05) is 49.4 Å². The van der Waals surface area contributed by atoms with E-state index in [2.05, 4.69) is 22.9 Å². The Morgan fingerprint density at radius 3 is 2.46 bits per heavy atom. The molecule has 2 aromatic rings. The summed E-state index contributed by atoms with van der Waals surface area (Å²) in [5, 5.41) is 7.87. The summed E-state index contributed by atoms with van der Waals surface area (Å²) >= 11 is 1.37. The molecule has 0 aliphatic carbocycles. The molecule has 3 rings (SSSR count). The second kappa shape index (κ2) is 8.48. The minimum absolute atomic E-state index is 0.157. The van der Waals surface area contributed by atoms with Crippen LogP contribution in [0.4, 0.5) is 4.79 Å². The molecule has 0 radical (unpaired) electrons. The Bertz CT molecular complexity index is 887. The molecule has 0 saturated carbocycles. The van der Waals surface area contributed by atoms with Crippen molar-refractivity contribution in [3.8, 4) is 0 Å². The molecule has 1 aliphatic heterocycles. The number of hydrogen-bond donors (Lipinski definition) is 3. The number of carbonyl (C=O) groups is 3. The number of hydrogen-bond acceptors (Lipinski definition) is 4. The van der Waals surface area contributed by atoms with Crippen molar-refractivity contribution in [2.75, 3.05) is 12.3 Å². The van der Waals surface area contributed by atoms with Crippen LogP contribution >= 0.6 is 11.8 Å². The Hall–Kier alpha value is -2.80. The highest BCUT2D eigenvalue weighted by molar-refractivity contribution is 7.99. The molecule has 28 heavy (non-hydrogen) atoms. The van der Waals surface area contributed by atoms with Crippen LogP contribution in [0.3, 0.4) is 0 Å². The van der Waals surface area contributed by atoms with Crippen LogP contribution in [-0.4, -0.2) is 35.7 Å². The van der Waals surface area contributed by atoms with E-state index in [0.29, 0.717) is 17.9 Å². The molecular weight excluding hydrogens is 374 g/mol. The monoisotopic (exact) mass is 397 g/mol. The van der Waals surface area contributed by atoms with Crippen LogP contribution in [0, 0.1) is 0 Å². The lowest BCUT2D eigenvalue weighted by Crippen LogP contribution is -2.46. The van der Waals surface area contributed by atoms with Crippen LogP contribution in [0.2, 0.25) is 0 Å². The molecule has 6 nitrogen and oxygen atoms in total. The van der Waals surface area contributed by atoms with Gasteiger partial charge in [-0.25, -0.2) is 4.79 Å². The smallest absolute Gasteiger partial charge is 0.322 e. The SMILES string of the molecule is C[C@H](CNC(=O)c1ccccc1SC[C@]1(C)NC(=O)NC1=O)c1ccccc1. The topological polar surface area (TPSA) is 87.3 Å². The molecule has 146 valence electrons. The molecule has 7 heteroatoms. The Labute approximate surface area is 168 Å². The minimum Gasteiger partial charge on any atom is -0.351 e. The third kappa shape index (κ3) is 4.54. The lowest BCUT2D eigenvalue weighted by atomic mass is 10.0. The first-order chi connectivity index (χ1) is 13.4. The van der Waals surface area contributed by atoms with Gasteiger partial charge in [-0.2, -0.15) is 0 Å². The molecule has 1 saturated heterocycles. The van der Waals surface area contributed by atoms with Crippen molar-refractivity contribution in [1.29, 1.82) is 0 Å². The van der Waals surface area contributed by atoms with Crippen molar-refractivity contribution in [3.05, 3.63) is 65.7 Å². The normalized spacial score (nSPS) is 19.6. The summed E-state index contributed by atoms with van der Waals surface area (Å²) in [6.45, 7) is 4.26. The van der Waals surface area contributed by atoms with Crippen molar-refractivity contribution in [2.45, 2.75) is 30.2 Å². The molecule has 1 heterocycles. The van der Waals surface area contributed by atoms with Crippen LogP contribution in [0.15, 0.2) is 59.5 Å². The van der Waals surface area contributed by atoms with E-state index >= 15 is 0 Å². The summed E-state index contributed by atoms with van der Waals surface area (Å²) in [5.41, 5.74) is 0.732. The number of benzene rings is 2. The lowest BCUT2D eigenvalue weighted by molar-refractivity contribution is -0.122. The van der Waals surface area contributed by atoms with Gasteiger partial charge in [-0.3, -0.25) is 14.9 Å². The molecule has 2 atom stereocenters. The molecule has 0 unspecified atom stereocenters. The van der Waals surface area contributed by atoms with Gasteiger partial charge in [0.15, 0.2) is 0 Å². The maximum Gasteiger partial charge on any atom is 0.322 e. The fraction of sp³-hybridized carbons (Fsp3) is 0.286. The molecule has 2 aromatic carbocycles. The Balaban J connectivity index is 1.64. The summed E-state index contributed by atoms with van der Waals surface area (Å²) in [5.74, 6) is 0.00998. The molecule has 4 amide bonds. The number of carbonyl (C=O) groups excluding carboxylic acids is 3. The first-order valence-corrected chi connectivity index (χ1v) is 10.1. The summed E-state index contributed by atoms with van der Waals surface area (Å²) in [6.07, 6.45) is 0. The summed E-state index contributed by atoms with van der Waals surface area (Å²) in [4.78, 5) is 36.9. The van der Waals surface area contributed by atoms with E-state index in [0.717, 1.165) is 4.90 Å². The number of rotatable bonds is 7. The van der Waals surface area contributed by atoms with E-state index in [-0.39, 0.29) is 17.7 Å². The lowest BCUT2D eigenvalue weighted by Gasteiger charge is -2.20. The third-order valence-corrected chi connectivity index (χ3v) is 6.09. The zero-order chi connectivity index (χ0) is 20.1. The molecule has 3 N–H and O–H groups in total. The van der Waals surface area contributed by atoms with E-state index < -0.39 is 11.6 Å². The number of nitrogens with one attached hydrogen (secondary N) is 3. The minimum atomic E-state index is -0.993. The molecular formula is C21H23N3O3S. The highest BCUT2D eigenvalue weighted by atomic mass is 32.2. The predicted octanol–water partition coefficient (Wildman–Crippen LogP) is 2.91. The molecule has 0 bridgehead atoms. The second-order valence-electron chi connectivity index (χ2n) is 7.05. The van der Waals surface area contributed by atoms with Crippen LogP contribution in [0.5, 0.6) is 0 Å². The standard InChI is InChI=1S/C21H23N3O3S/c1-14(15-8-4-3-5-9-15)12-22-18(25)16-10-6-7-11-17(16)28-13-21(2)19(26)23-20(27)24-21/h3-11,14H,12-13H2,1-2H3,(H,22,25)(H2,23,24,26,27)/t14-,21+/m1/s1. The predicted molar refractivity (Wildman–Crippen MR) is 109 cm³/mol. The van der Waals surface area contributed by atoms with Gasteiger partial charge < -0.3 is 10.6 Å². The van der Waals surface area contributed by atoms with Crippen molar-refractivity contribution >= 4 is 29.6 Å². The third-order valence-electron chi connectivity index (χ3n) is 4.70. The first kappa shape index (κ1) is 19.9. The Kier molecular flexibility index (Phi) is 6.04. The zero-order valence-electron chi connectivity index (χ0n) is 15.8. The largest absolute Gasteiger partial charge is 0.351 e. The summed E-state index contributed by atoms with van der Waals surface area (Å²) < 4.78 is 0. The Morgan fingerprint density at radius 1 is 1.11 bits per heavy atom. The van der Waals surface area contributed by atoms with Gasteiger partial charge in [0.25, 0.3) is 11.8 Å². The zero-order valence-corrected chi connectivity index (χ0v) is 16.6. The molecule has 1 aliphatic rings. The van der Waals surface area contributed by atoms with E-state index in [1.54, 1.807) is 13.0 Å². The van der Waals surface area contributed by atoms with E-state index in [1.807, 2.05) is 48.5 Å². The van der Waals surface area contributed by atoms with Gasteiger partial charge >= 0.3 is 6.03 Å². The number of amides is 4. The summed E-state index contributed by atoms with van der Waals surface area (Å²) in [6, 6.07) is 16.8. The van der Waals surface area contributed by atoms with Crippen LogP contribution < -0.4 is 16.0 Å². The van der Waals surface area contributed by atoms with Crippen molar-refractivity contribution in [3.63, 3.8) is 0 Å². The van der Waals surface area contributed by atoms with Gasteiger partial charge in [0.1, 0.15) is 5.54 Å². The fourth-order valence-corrected chi connectivity index (χ4v) is 4.06. The molecule has 0 aromatic heterocycles. The molecule has 0 spiro atoms.